The molecule has 0 saturated heterocycles. The highest BCUT2D eigenvalue weighted by Gasteiger charge is 2.19. The zero-order valence-corrected chi connectivity index (χ0v) is 16.9. The van der Waals surface area contributed by atoms with Crippen molar-refractivity contribution >= 4 is 34.4 Å². The quantitative estimate of drug-likeness (QED) is 0.460. The largest absolute Gasteiger partial charge is 0.386 e. The molecule has 3 aromatic heterocycles. The van der Waals surface area contributed by atoms with Gasteiger partial charge in [-0.1, -0.05) is 18.2 Å². The van der Waals surface area contributed by atoms with Gasteiger partial charge in [-0.25, -0.2) is 19.3 Å². The van der Waals surface area contributed by atoms with E-state index in [4.69, 9.17) is 4.74 Å². The molecule has 1 aromatic carbocycles. The van der Waals surface area contributed by atoms with E-state index >= 15 is 0 Å². The Balaban J connectivity index is 1.60. The number of nitrogens with one attached hydrogen (secondary N) is 3. The van der Waals surface area contributed by atoms with Crippen molar-refractivity contribution in [3.05, 3.63) is 72.3 Å². The summed E-state index contributed by atoms with van der Waals surface area (Å²) in [7, 11) is 1.81. The third-order valence-electron chi connectivity index (χ3n) is 5.10. The van der Waals surface area contributed by atoms with E-state index in [0.29, 0.717) is 23.6 Å². The molecule has 4 heterocycles. The zero-order chi connectivity index (χ0) is 21.2. The monoisotopic (exact) mass is 415 g/mol. The summed E-state index contributed by atoms with van der Waals surface area (Å²) in [5, 5.41) is 9.36. The van der Waals surface area contributed by atoms with Crippen LogP contribution in [0.1, 0.15) is 17.4 Å². The number of carbonyl (C=O) groups is 1. The molecular formula is C22H21N7O2. The van der Waals surface area contributed by atoms with Crippen molar-refractivity contribution in [3.8, 4) is 0 Å². The van der Waals surface area contributed by atoms with Crippen molar-refractivity contribution in [2.24, 2.45) is 0 Å². The number of ether oxygens (including phenoxy) is 1. The second kappa shape index (κ2) is 8.04. The summed E-state index contributed by atoms with van der Waals surface area (Å²) in [6.07, 6.45) is 2.78. The topological polar surface area (TPSA) is 106 Å². The van der Waals surface area contributed by atoms with Crippen molar-refractivity contribution < 1.29 is 9.53 Å². The van der Waals surface area contributed by atoms with E-state index in [1.54, 1.807) is 6.20 Å². The van der Waals surface area contributed by atoms with Gasteiger partial charge in [0.05, 0.1) is 24.5 Å². The molecule has 31 heavy (non-hydrogen) atoms. The second-order valence-electron chi connectivity index (χ2n) is 7.16. The molecular weight excluding hydrogens is 394 g/mol. The molecule has 0 radical (unpaired) electrons. The number of hydrogen-bond donors (Lipinski definition) is 3. The number of anilines is 3. The first-order valence-electron chi connectivity index (χ1n) is 9.94. The molecule has 0 fully saturated rings. The number of benzene rings is 1. The fraction of sp³-hybridized carbons (Fsp3) is 0.182. The predicted octanol–water partition coefficient (Wildman–Crippen LogP) is 3.44. The normalized spacial score (nSPS) is 16.4. The van der Waals surface area contributed by atoms with Crippen LogP contribution >= 0.6 is 0 Å². The van der Waals surface area contributed by atoms with E-state index in [9.17, 15) is 4.79 Å². The van der Waals surface area contributed by atoms with Gasteiger partial charge in [0.1, 0.15) is 23.8 Å². The molecule has 3 N–H and O–H groups in total. The number of amides is 1. The summed E-state index contributed by atoms with van der Waals surface area (Å²) < 4.78 is 7.55. The van der Waals surface area contributed by atoms with Crippen molar-refractivity contribution in [3.63, 3.8) is 0 Å². The number of hydrogen-bond acceptors (Lipinski definition) is 7. The Morgan fingerprint density at radius 3 is 2.94 bits per heavy atom. The third kappa shape index (κ3) is 3.78. The SMILES string of the molecule is CNc1cc2nc3c1ncn3C(=O)NC[C@H](c1ccccn1)OCc1cccc(c1)N2. The molecule has 5 rings (SSSR count). The minimum Gasteiger partial charge on any atom is -0.386 e. The van der Waals surface area contributed by atoms with E-state index in [-0.39, 0.29) is 12.6 Å². The van der Waals surface area contributed by atoms with E-state index in [1.165, 1.54) is 10.9 Å². The second-order valence-corrected chi connectivity index (χ2v) is 7.16. The molecule has 1 amide bonds. The summed E-state index contributed by atoms with van der Waals surface area (Å²) in [6, 6.07) is 15.1. The number of carbonyl (C=O) groups excluding carboxylic acids is 1. The van der Waals surface area contributed by atoms with Gasteiger partial charge >= 0.3 is 6.03 Å². The van der Waals surface area contributed by atoms with E-state index < -0.39 is 6.10 Å². The van der Waals surface area contributed by atoms with Crippen LogP contribution < -0.4 is 16.0 Å². The number of imidazole rings is 1. The van der Waals surface area contributed by atoms with Crippen LogP contribution in [0.2, 0.25) is 0 Å². The van der Waals surface area contributed by atoms with Crippen molar-refractivity contribution in [1.82, 2.24) is 24.8 Å². The van der Waals surface area contributed by atoms with Crippen molar-refractivity contribution in [1.29, 1.82) is 0 Å². The Hall–Kier alpha value is -3.98. The first-order valence-corrected chi connectivity index (χ1v) is 9.94. The minimum absolute atomic E-state index is 0.256. The summed E-state index contributed by atoms with van der Waals surface area (Å²) in [4.78, 5) is 26.4. The first-order chi connectivity index (χ1) is 15.2. The molecule has 4 bridgehead atoms. The van der Waals surface area contributed by atoms with E-state index in [1.807, 2.05) is 55.6 Å². The molecule has 9 nitrogen and oxygen atoms in total. The van der Waals surface area contributed by atoms with Crippen LogP contribution in [0.5, 0.6) is 0 Å². The Labute approximate surface area is 178 Å². The first kappa shape index (κ1) is 19.0. The summed E-state index contributed by atoms with van der Waals surface area (Å²) in [6.45, 7) is 0.628. The molecule has 9 heteroatoms. The Morgan fingerprint density at radius 2 is 2.10 bits per heavy atom. The van der Waals surface area contributed by atoms with Gasteiger partial charge in [-0.05, 0) is 29.8 Å². The lowest BCUT2D eigenvalue weighted by molar-refractivity contribution is 0.0387. The number of rotatable bonds is 2. The molecule has 1 atom stereocenters. The van der Waals surface area contributed by atoms with Gasteiger partial charge in [0.2, 0.25) is 0 Å². The van der Waals surface area contributed by atoms with Gasteiger partial charge in [-0.2, -0.15) is 0 Å². The number of fused-ring (bicyclic) bond motifs is 3. The highest BCUT2D eigenvalue weighted by Crippen LogP contribution is 2.27. The number of pyridine rings is 2. The molecule has 1 aliphatic heterocycles. The van der Waals surface area contributed by atoms with Crippen molar-refractivity contribution in [2.45, 2.75) is 12.7 Å². The smallest absolute Gasteiger partial charge is 0.328 e. The Bertz CT molecular complexity index is 1240. The van der Waals surface area contributed by atoms with Crippen LogP contribution in [-0.4, -0.2) is 39.1 Å². The average Bonchev–Trinajstić information content (AvgIpc) is 3.23. The van der Waals surface area contributed by atoms with Crippen LogP contribution in [-0.2, 0) is 11.3 Å². The van der Waals surface area contributed by atoms with Crippen LogP contribution in [0.4, 0.5) is 22.0 Å². The fourth-order valence-corrected chi connectivity index (χ4v) is 3.56. The lowest BCUT2D eigenvalue weighted by Crippen LogP contribution is -2.33. The number of nitrogens with zero attached hydrogens (tertiary/aromatic N) is 4. The van der Waals surface area contributed by atoms with Gasteiger partial charge in [0.25, 0.3) is 0 Å². The molecule has 0 unspecified atom stereocenters. The van der Waals surface area contributed by atoms with Gasteiger partial charge in [-0.15, -0.1) is 0 Å². The zero-order valence-electron chi connectivity index (χ0n) is 16.9. The van der Waals surface area contributed by atoms with Gasteiger partial charge in [0.15, 0.2) is 5.65 Å². The lowest BCUT2D eigenvalue weighted by atomic mass is 10.2. The molecule has 0 saturated carbocycles. The maximum atomic E-state index is 13.0. The van der Waals surface area contributed by atoms with E-state index in [2.05, 4.69) is 30.9 Å². The average molecular weight is 415 g/mol. The van der Waals surface area contributed by atoms with Crippen molar-refractivity contribution in [2.75, 3.05) is 24.2 Å². The van der Waals surface area contributed by atoms with Crippen LogP contribution in [0, 0.1) is 0 Å². The lowest BCUT2D eigenvalue weighted by Gasteiger charge is -2.19. The van der Waals surface area contributed by atoms with Gasteiger partial charge in [-0.3, -0.25) is 4.98 Å². The molecule has 1 aliphatic rings. The maximum Gasteiger partial charge on any atom is 0.328 e. The van der Waals surface area contributed by atoms with Crippen LogP contribution in [0.3, 0.4) is 0 Å². The Morgan fingerprint density at radius 1 is 1.16 bits per heavy atom. The fourth-order valence-electron chi connectivity index (χ4n) is 3.56. The van der Waals surface area contributed by atoms with Crippen LogP contribution in [0.15, 0.2) is 61.1 Å². The highest BCUT2D eigenvalue weighted by atomic mass is 16.5. The molecule has 0 spiro atoms. The third-order valence-corrected chi connectivity index (χ3v) is 5.10. The molecule has 4 aromatic rings. The minimum atomic E-state index is -0.407. The molecule has 156 valence electrons. The summed E-state index contributed by atoms with van der Waals surface area (Å²) in [5.41, 5.74) is 4.46. The van der Waals surface area contributed by atoms with Crippen LogP contribution in [0.25, 0.3) is 11.2 Å². The van der Waals surface area contributed by atoms with E-state index in [0.717, 1.165) is 22.6 Å². The molecule has 0 aliphatic carbocycles. The van der Waals surface area contributed by atoms with Gasteiger partial charge < -0.3 is 20.7 Å². The number of aromatic nitrogens is 4. The standard InChI is InChI=1S/C22H21N7O2/c1-23-17-10-19-27-15-6-4-5-14(9-15)12-31-18(16-7-2-3-8-24-16)11-25-22(30)29-13-26-20(17)21(29)28-19/h2-10,13,18H,11-12H2,1H3,(H,25,30)(H2,23,27,28)/t18-/m1/s1. The summed E-state index contributed by atoms with van der Waals surface area (Å²) >= 11 is 0. The summed E-state index contributed by atoms with van der Waals surface area (Å²) in [5.74, 6) is 0.605. The Kier molecular flexibility index (Phi) is 4.93. The predicted molar refractivity (Wildman–Crippen MR) is 117 cm³/mol. The highest BCUT2D eigenvalue weighted by molar-refractivity contribution is 5.94. The maximum absolute atomic E-state index is 13.0. The van der Waals surface area contributed by atoms with Gasteiger partial charge in [0, 0.05) is 25.0 Å².